The Kier molecular flexibility index (Phi) is 39.0. The number of hydrogen-bond acceptors (Lipinski definition) is 7. The average Bonchev–Trinajstić information content (AvgIpc) is 3.02. The molecule has 0 heterocycles. The van der Waals surface area contributed by atoms with Gasteiger partial charge in [-0.1, -0.05) is 181 Å². The van der Waals surface area contributed by atoms with Crippen molar-refractivity contribution in [1.82, 2.24) is 0 Å². The minimum Gasteiger partial charge on any atom is -0.756 e. The van der Waals surface area contributed by atoms with Gasteiger partial charge in [-0.2, -0.15) is 0 Å². The van der Waals surface area contributed by atoms with Gasteiger partial charge in [-0.15, -0.1) is 0 Å². The number of rotatable bonds is 36. The van der Waals surface area contributed by atoms with E-state index in [9.17, 15) is 19.0 Å². The van der Waals surface area contributed by atoms with Gasteiger partial charge in [0.05, 0.1) is 6.61 Å². The first kappa shape index (κ1) is 49.2. The smallest absolute Gasteiger partial charge is 0.756 e. The van der Waals surface area contributed by atoms with Gasteiger partial charge < -0.3 is 23.8 Å². The molecule has 0 aliphatic rings. The molecule has 47 heavy (non-hydrogen) atoms. The van der Waals surface area contributed by atoms with E-state index in [-0.39, 0.29) is 49.0 Å². The molecule has 0 bridgehead atoms. The maximum Gasteiger partial charge on any atom is 1.00 e. The van der Waals surface area contributed by atoms with Gasteiger partial charge in [0.1, 0.15) is 6.61 Å². The molecule has 0 amide bonds. The molecule has 1 unspecified atom stereocenters. The van der Waals surface area contributed by atoms with Gasteiger partial charge in [0.2, 0.25) is 0 Å². The number of phosphoric acid groups is 1. The molecule has 0 radical (unpaired) electrons. The third kappa shape index (κ3) is 40.4. The third-order valence-electron chi connectivity index (χ3n) is 8.62. The monoisotopic (exact) mass is 698 g/mol. The normalized spacial score (nSPS) is 13.1. The van der Waals surface area contributed by atoms with Gasteiger partial charge in [0, 0.05) is 12.8 Å². The van der Waals surface area contributed by atoms with E-state index in [1.54, 1.807) is 0 Å². The Labute approximate surface area is 311 Å². The predicted octanol–water partition coefficient (Wildman–Crippen LogP) is 7.67. The molecule has 1 N–H and O–H groups in total. The maximum atomic E-state index is 12.3. The quantitative estimate of drug-likeness (QED) is 0.0306. The zero-order valence-corrected chi connectivity index (χ0v) is 33.9. The summed E-state index contributed by atoms with van der Waals surface area (Å²) in [6.07, 6.45) is 33.7. The topological polar surface area (TPSA) is 122 Å². The number of esters is 2. The largest absolute Gasteiger partial charge is 1.00 e. The van der Waals surface area contributed by atoms with Crippen LogP contribution in [0.2, 0.25) is 0 Å². The van der Waals surface area contributed by atoms with Gasteiger partial charge >= 0.3 is 41.5 Å². The summed E-state index contributed by atoms with van der Waals surface area (Å²) in [5, 5.41) is 0. The average molecular weight is 699 g/mol. The van der Waals surface area contributed by atoms with Crippen molar-refractivity contribution in [3.63, 3.8) is 0 Å². The first-order valence-corrected chi connectivity index (χ1v) is 20.8. The standard InChI is InChI=1S/C37H73O8P.Na/c1-3-5-7-9-11-13-15-17-18-20-21-23-25-27-29-31-36(38)43-33-35(34-44-46(40,41)42)45-37(39)32-30-28-26-24-22-19-16-14-12-10-8-6-4-2;/h35H,3-34H2,1-2H3,(H2,40,41,42);/q;+1/p-1/t35-;/m0./s1. The minimum absolute atomic E-state index is 0. The molecule has 0 aromatic heterocycles. The number of carbonyl (C=O) groups excluding carboxylic acids is 2. The summed E-state index contributed by atoms with van der Waals surface area (Å²) >= 11 is 0. The van der Waals surface area contributed by atoms with Crippen LogP contribution in [0.5, 0.6) is 0 Å². The van der Waals surface area contributed by atoms with E-state index in [4.69, 9.17) is 14.4 Å². The van der Waals surface area contributed by atoms with E-state index < -0.39 is 32.5 Å². The van der Waals surface area contributed by atoms with Crippen LogP contribution in [0, 0.1) is 0 Å². The molecule has 2 atom stereocenters. The van der Waals surface area contributed by atoms with Crippen molar-refractivity contribution in [3.8, 4) is 0 Å². The van der Waals surface area contributed by atoms with Crippen molar-refractivity contribution in [1.29, 1.82) is 0 Å². The number of carbonyl (C=O) groups is 2. The van der Waals surface area contributed by atoms with Crippen LogP contribution in [0.15, 0.2) is 0 Å². The molecule has 0 aliphatic carbocycles. The Morgan fingerprint density at radius 2 is 0.830 bits per heavy atom. The van der Waals surface area contributed by atoms with E-state index >= 15 is 0 Å². The molecule has 0 saturated heterocycles. The fraction of sp³-hybridized carbons (Fsp3) is 0.946. The molecular weight excluding hydrogens is 626 g/mol. The second-order valence-corrected chi connectivity index (χ2v) is 14.4. The Balaban J connectivity index is 0. The van der Waals surface area contributed by atoms with Crippen molar-refractivity contribution >= 4 is 19.8 Å². The Morgan fingerprint density at radius 1 is 0.532 bits per heavy atom. The van der Waals surface area contributed by atoms with Crippen molar-refractivity contribution < 1.29 is 67.5 Å². The molecule has 274 valence electrons. The summed E-state index contributed by atoms with van der Waals surface area (Å²) in [4.78, 5) is 44.5. The number of unbranched alkanes of at least 4 members (excludes halogenated alkanes) is 26. The summed E-state index contributed by atoms with van der Waals surface area (Å²) in [6.45, 7) is 3.60. The number of phosphoric ester groups is 1. The molecular formula is C37H72NaO8P. The van der Waals surface area contributed by atoms with E-state index in [0.29, 0.717) is 6.42 Å². The molecule has 0 aliphatic heterocycles. The van der Waals surface area contributed by atoms with E-state index in [1.807, 2.05) is 0 Å². The number of hydrogen-bond donors (Lipinski definition) is 1. The molecule has 0 rings (SSSR count). The molecule has 0 spiro atoms. The van der Waals surface area contributed by atoms with Crippen molar-refractivity contribution in [3.05, 3.63) is 0 Å². The van der Waals surface area contributed by atoms with E-state index in [1.165, 1.54) is 135 Å². The maximum absolute atomic E-state index is 12.3. The SMILES string of the molecule is CCCCCCCCCCCCCCCCCC(=O)OC[C@@H](COP(=O)([O-])O)OC(=O)CCCCCCCCCCCCCCC.[Na+]. The van der Waals surface area contributed by atoms with Gasteiger partial charge in [0.25, 0.3) is 7.82 Å². The van der Waals surface area contributed by atoms with Gasteiger partial charge in [-0.25, -0.2) is 0 Å². The van der Waals surface area contributed by atoms with Crippen LogP contribution in [-0.4, -0.2) is 36.1 Å². The summed E-state index contributed by atoms with van der Waals surface area (Å²) < 4.78 is 26.0. The number of ether oxygens (including phenoxy) is 2. The predicted molar refractivity (Wildman–Crippen MR) is 186 cm³/mol. The molecule has 0 aromatic rings. The Bertz CT molecular complexity index is 733. The van der Waals surface area contributed by atoms with Gasteiger partial charge in [0.15, 0.2) is 6.10 Å². The van der Waals surface area contributed by atoms with Crippen LogP contribution in [0.3, 0.4) is 0 Å². The van der Waals surface area contributed by atoms with Gasteiger partial charge in [-0.3, -0.25) is 14.2 Å². The van der Waals surface area contributed by atoms with Crippen LogP contribution < -0.4 is 34.5 Å². The van der Waals surface area contributed by atoms with Crippen molar-refractivity contribution in [2.24, 2.45) is 0 Å². The molecule has 0 aromatic carbocycles. The van der Waals surface area contributed by atoms with E-state index in [2.05, 4.69) is 18.4 Å². The Hall–Kier alpha value is 0.0500. The minimum atomic E-state index is -4.99. The first-order chi connectivity index (χ1) is 22.3. The first-order valence-electron chi connectivity index (χ1n) is 19.3. The fourth-order valence-electron chi connectivity index (χ4n) is 5.72. The van der Waals surface area contributed by atoms with Crippen LogP contribution in [-0.2, 0) is 28.2 Å². The summed E-state index contributed by atoms with van der Waals surface area (Å²) in [7, 11) is -4.99. The fourth-order valence-corrected chi connectivity index (χ4v) is 6.08. The van der Waals surface area contributed by atoms with Crippen molar-refractivity contribution in [2.45, 2.75) is 213 Å². The molecule has 0 saturated carbocycles. The zero-order chi connectivity index (χ0) is 34.0. The molecule has 0 fully saturated rings. The zero-order valence-electron chi connectivity index (χ0n) is 31.0. The Morgan fingerprint density at radius 3 is 1.15 bits per heavy atom. The molecule has 8 nitrogen and oxygen atoms in total. The van der Waals surface area contributed by atoms with Crippen LogP contribution in [0.25, 0.3) is 0 Å². The molecule has 10 heteroatoms. The second-order valence-electron chi connectivity index (χ2n) is 13.3. The van der Waals surface area contributed by atoms with Crippen molar-refractivity contribution in [2.75, 3.05) is 13.2 Å². The van der Waals surface area contributed by atoms with Crippen LogP contribution in [0.4, 0.5) is 0 Å². The summed E-state index contributed by atoms with van der Waals surface area (Å²) in [5.74, 6) is -0.907. The van der Waals surface area contributed by atoms with Crippen LogP contribution in [0.1, 0.15) is 206 Å². The summed E-state index contributed by atoms with van der Waals surface area (Å²) in [6, 6.07) is 0. The summed E-state index contributed by atoms with van der Waals surface area (Å²) in [5.41, 5.74) is 0. The third-order valence-corrected chi connectivity index (χ3v) is 9.10. The van der Waals surface area contributed by atoms with E-state index in [0.717, 1.165) is 38.5 Å². The van der Waals surface area contributed by atoms with Gasteiger partial charge in [-0.05, 0) is 12.8 Å². The second kappa shape index (κ2) is 37.3. The van der Waals surface area contributed by atoms with Crippen LogP contribution >= 0.6 is 7.82 Å².